The van der Waals surface area contributed by atoms with Crippen molar-refractivity contribution in [2.24, 2.45) is 14.1 Å². The van der Waals surface area contributed by atoms with Gasteiger partial charge < -0.3 is 0 Å². The van der Waals surface area contributed by atoms with Gasteiger partial charge in [0.15, 0.2) is 5.03 Å². The van der Waals surface area contributed by atoms with E-state index in [0.29, 0.717) is 0 Å². The minimum Gasteiger partial charge on any atom is -0.266 e. The van der Waals surface area contributed by atoms with E-state index in [1.54, 1.807) is 0 Å². The van der Waals surface area contributed by atoms with Gasteiger partial charge in [0.1, 0.15) is 0 Å². The molecule has 0 bridgehead atoms. The zero-order valence-corrected chi connectivity index (χ0v) is 12.4. The molecule has 0 aliphatic carbocycles. The molecule has 3 aromatic rings. The van der Waals surface area contributed by atoms with E-state index >= 15 is 0 Å². The Labute approximate surface area is 124 Å². The minimum absolute atomic E-state index is 0.287. The SMILES string of the molecule is Cn1nc(Sc2ccc3ccccc3c2)c(=O)n(C)c1=O. The molecule has 0 saturated heterocycles. The maximum atomic E-state index is 12.1. The summed E-state index contributed by atoms with van der Waals surface area (Å²) in [5, 5.41) is 6.57. The van der Waals surface area contributed by atoms with E-state index in [1.807, 2.05) is 42.5 Å². The van der Waals surface area contributed by atoms with Crippen LogP contribution >= 0.6 is 11.8 Å². The largest absolute Gasteiger partial charge is 0.346 e. The monoisotopic (exact) mass is 299 g/mol. The third-order valence-electron chi connectivity index (χ3n) is 3.23. The summed E-state index contributed by atoms with van der Waals surface area (Å²) >= 11 is 1.26. The van der Waals surface area contributed by atoms with Gasteiger partial charge in [0.25, 0.3) is 5.56 Å². The number of rotatable bonds is 2. The second kappa shape index (κ2) is 5.21. The van der Waals surface area contributed by atoms with Crippen LogP contribution in [0.25, 0.3) is 10.8 Å². The molecule has 0 N–H and O–H groups in total. The maximum absolute atomic E-state index is 12.1. The van der Waals surface area contributed by atoms with Crippen molar-refractivity contribution < 1.29 is 0 Å². The third-order valence-corrected chi connectivity index (χ3v) is 4.17. The molecule has 0 amide bonds. The molecule has 2 aromatic carbocycles. The summed E-state index contributed by atoms with van der Waals surface area (Å²) in [5.74, 6) is 0. The Morgan fingerprint density at radius 3 is 2.48 bits per heavy atom. The smallest absolute Gasteiger partial charge is 0.266 e. The van der Waals surface area contributed by atoms with Gasteiger partial charge in [-0.2, -0.15) is 5.10 Å². The number of nitrogens with zero attached hydrogens (tertiary/aromatic N) is 3. The van der Waals surface area contributed by atoms with Crippen molar-refractivity contribution in [3.8, 4) is 0 Å². The first-order valence-electron chi connectivity index (χ1n) is 6.37. The van der Waals surface area contributed by atoms with Gasteiger partial charge in [0.2, 0.25) is 0 Å². The minimum atomic E-state index is -0.428. The van der Waals surface area contributed by atoms with E-state index in [-0.39, 0.29) is 10.6 Å². The molecule has 0 radical (unpaired) electrons. The van der Waals surface area contributed by atoms with Crippen LogP contribution in [-0.2, 0) is 14.1 Å². The summed E-state index contributed by atoms with van der Waals surface area (Å²) in [6, 6.07) is 14.0. The molecule has 1 aromatic heterocycles. The molecule has 3 rings (SSSR count). The first kappa shape index (κ1) is 13.6. The Kier molecular flexibility index (Phi) is 3.39. The van der Waals surface area contributed by atoms with Crippen LogP contribution in [0.15, 0.2) is 62.0 Å². The molecule has 21 heavy (non-hydrogen) atoms. The molecule has 0 spiro atoms. The summed E-state index contributed by atoms with van der Waals surface area (Å²) in [6.45, 7) is 0. The van der Waals surface area contributed by atoms with Crippen molar-refractivity contribution in [2.75, 3.05) is 0 Å². The highest BCUT2D eigenvalue weighted by atomic mass is 32.2. The Hall–Kier alpha value is -2.34. The van der Waals surface area contributed by atoms with Crippen molar-refractivity contribution >= 4 is 22.5 Å². The second-order valence-electron chi connectivity index (χ2n) is 4.69. The fourth-order valence-corrected chi connectivity index (χ4v) is 3.01. The van der Waals surface area contributed by atoms with Crippen molar-refractivity contribution in [2.45, 2.75) is 9.92 Å². The number of hydrogen-bond donors (Lipinski definition) is 0. The van der Waals surface area contributed by atoms with Crippen LogP contribution in [0.5, 0.6) is 0 Å². The van der Waals surface area contributed by atoms with E-state index in [0.717, 1.165) is 20.2 Å². The Morgan fingerprint density at radius 2 is 1.71 bits per heavy atom. The molecule has 0 aliphatic heterocycles. The van der Waals surface area contributed by atoms with Gasteiger partial charge in [-0.25, -0.2) is 9.48 Å². The van der Waals surface area contributed by atoms with Gasteiger partial charge in [-0.3, -0.25) is 9.36 Å². The molecule has 0 atom stereocenters. The van der Waals surface area contributed by atoms with Crippen LogP contribution in [0.1, 0.15) is 0 Å². The summed E-state index contributed by atoms with van der Waals surface area (Å²) in [6.07, 6.45) is 0. The van der Waals surface area contributed by atoms with Crippen molar-refractivity contribution in [1.29, 1.82) is 0 Å². The number of hydrogen-bond acceptors (Lipinski definition) is 4. The normalized spacial score (nSPS) is 11.0. The predicted molar refractivity (Wildman–Crippen MR) is 82.8 cm³/mol. The van der Waals surface area contributed by atoms with Crippen LogP contribution in [0, 0.1) is 0 Å². The first-order valence-corrected chi connectivity index (χ1v) is 7.19. The summed E-state index contributed by atoms with van der Waals surface area (Å²) in [5.41, 5.74) is -0.806. The molecule has 5 nitrogen and oxygen atoms in total. The molecule has 1 heterocycles. The fraction of sp³-hybridized carbons (Fsp3) is 0.133. The molecular formula is C15H13N3O2S. The van der Waals surface area contributed by atoms with Crippen LogP contribution in [0.3, 0.4) is 0 Å². The predicted octanol–water partition coefficient (Wildman–Crippen LogP) is 1.78. The lowest BCUT2D eigenvalue weighted by Gasteiger charge is -2.06. The highest BCUT2D eigenvalue weighted by Gasteiger charge is 2.10. The molecule has 0 saturated carbocycles. The number of benzene rings is 2. The van der Waals surface area contributed by atoms with E-state index in [4.69, 9.17) is 0 Å². The number of aryl methyl sites for hydroxylation is 1. The van der Waals surface area contributed by atoms with Gasteiger partial charge in [0.05, 0.1) is 0 Å². The summed E-state index contributed by atoms with van der Waals surface area (Å²) in [7, 11) is 2.99. The average molecular weight is 299 g/mol. The van der Waals surface area contributed by atoms with Gasteiger partial charge in [-0.15, -0.1) is 0 Å². The molecule has 0 unspecified atom stereocenters. The molecular weight excluding hydrogens is 286 g/mol. The number of aromatic nitrogens is 3. The highest BCUT2D eigenvalue weighted by molar-refractivity contribution is 7.99. The summed E-state index contributed by atoms with van der Waals surface area (Å²) < 4.78 is 2.24. The topological polar surface area (TPSA) is 56.9 Å². The van der Waals surface area contributed by atoms with Gasteiger partial charge in [0, 0.05) is 19.0 Å². The Bertz CT molecular complexity index is 944. The lowest BCUT2D eigenvalue weighted by Crippen LogP contribution is -2.39. The molecule has 0 aliphatic rings. The zero-order valence-electron chi connectivity index (χ0n) is 11.6. The van der Waals surface area contributed by atoms with Crippen LogP contribution < -0.4 is 11.2 Å². The van der Waals surface area contributed by atoms with Gasteiger partial charge in [-0.05, 0) is 22.9 Å². The standard InChI is InChI=1S/C15H13N3O2S/c1-17-14(19)13(16-18(2)15(17)20)21-12-8-7-10-5-3-4-6-11(10)9-12/h3-9H,1-2H3. The van der Waals surface area contributed by atoms with Crippen LogP contribution in [0.2, 0.25) is 0 Å². The average Bonchev–Trinajstić information content (AvgIpc) is 2.50. The van der Waals surface area contributed by atoms with Crippen molar-refractivity contribution in [3.05, 3.63) is 63.3 Å². The molecule has 0 fully saturated rings. The Balaban J connectivity index is 2.06. The summed E-state index contributed by atoms with van der Waals surface area (Å²) in [4.78, 5) is 24.6. The number of fused-ring (bicyclic) bond motifs is 1. The lowest BCUT2D eigenvalue weighted by molar-refractivity contribution is 0.562. The third kappa shape index (κ3) is 2.50. The zero-order chi connectivity index (χ0) is 15.0. The van der Waals surface area contributed by atoms with E-state index in [2.05, 4.69) is 5.10 Å². The second-order valence-corrected chi connectivity index (χ2v) is 5.75. The molecule has 106 valence electrons. The van der Waals surface area contributed by atoms with E-state index < -0.39 is 5.69 Å². The van der Waals surface area contributed by atoms with E-state index in [1.165, 1.54) is 30.5 Å². The van der Waals surface area contributed by atoms with Crippen LogP contribution in [-0.4, -0.2) is 14.3 Å². The van der Waals surface area contributed by atoms with Crippen molar-refractivity contribution in [3.63, 3.8) is 0 Å². The fourth-order valence-electron chi connectivity index (χ4n) is 2.08. The van der Waals surface area contributed by atoms with Crippen LogP contribution in [0.4, 0.5) is 0 Å². The van der Waals surface area contributed by atoms with Crippen molar-refractivity contribution in [1.82, 2.24) is 14.3 Å². The Morgan fingerprint density at radius 1 is 1.00 bits per heavy atom. The van der Waals surface area contributed by atoms with Gasteiger partial charge in [-0.1, -0.05) is 42.1 Å². The van der Waals surface area contributed by atoms with Gasteiger partial charge >= 0.3 is 5.69 Å². The van der Waals surface area contributed by atoms with E-state index in [9.17, 15) is 9.59 Å². The quantitative estimate of drug-likeness (QED) is 0.724. The lowest BCUT2D eigenvalue weighted by atomic mass is 10.1. The highest BCUT2D eigenvalue weighted by Crippen LogP contribution is 2.26. The maximum Gasteiger partial charge on any atom is 0.346 e. The first-order chi connectivity index (χ1) is 10.1. The molecule has 6 heteroatoms.